The zero-order valence-corrected chi connectivity index (χ0v) is 33.4. The number of hydrogen-bond acceptors (Lipinski definition) is 4. The van der Waals surface area contributed by atoms with E-state index in [1.165, 1.54) is 27.8 Å². The first kappa shape index (κ1) is 36.7. The van der Waals surface area contributed by atoms with Crippen LogP contribution in [0.3, 0.4) is 0 Å². The zero-order chi connectivity index (χ0) is 34.5. The number of rotatable bonds is 6. The molecule has 0 spiro atoms. The summed E-state index contributed by atoms with van der Waals surface area (Å²) < 4.78 is 1.09. The van der Waals surface area contributed by atoms with Crippen LogP contribution in [0.15, 0.2) is 85.1 Å². The predicted octanol–water partition coefficient (Wildman–Crippen LogP) is 12.7. The molecule has 256 valence electrons. The van der Waals surface area contributed by atoms with Gasteiger partial charge < -0.3 is 5.11 Å². The van der Waals surface area contributed by atoms with Gasteiger partial charge in [-0.2, -0.15) is 0 Å². The number of phenols is 1. The normalized spacial score (nSPS) is 12.2. The molecule has 1 N–H and O–H groups in total. The Morgan fingerprint density at radius 1 is 0.673 bits per heavy atom. The number of aromatic nitrogens is 2. The molecule has 0 amide bonds. The molecule has 6 aromatic rings. The molecule has 0 atom stereocenters. The Bertz CT molecular complexity index is 2100. The van der Waals surface area contributed by atoms with E-state index in [1.807, 2.05) is 24.4 Å². The SMILES string of the molecule is CC(C)c1cc(-c2cc(-c3cc(C(C)(C)C)ccn3)[c-]c(-c3cc(C(C)(C)C)cc4sc(-c5ccccc5O)nc34)c2)cc(C(C)C)c1.[Pt]. The summed E-state index contributed by atoms with van der Waals surface area (Å²) in [6.07, 6.45) is 1.92. The van der Waals surface area contributed by atoms with Crippen molar-refractivity contribution in [2.24, 2.45) is 0 Å². The number of hydrogen-bond donors (Lipinski definition) is 1. The van der Waals surface area contributed by atoms with Gasteiger partial charge in [0.1, 0.15) is 10.8 Å². The molecule has 0 radical (unpaired) electrons. The second-order valence-corrected chi connectivity index (χ2v) is 16.8. The summed E-state index contributed by atoms with van der Waals surface area (Å²) in [5.74, 6) is 1.06. The van der Waals surface area contributed by atoms with Crippen LogP contribution in [0.1, 0.15) is 103 Å². The third kappa shape index (κ3) is 7.77. The van der Waals surface area contributed by atoms with Gasteiger partial charge in [0.25, 0.3) is 0 Å². The van der Waals surface area contributed by atoms with Crippen molar-refractivity contribution >= 4 is 21.6 Å². The quantitative estimate of drug-likeness (QED) is 0.170. The minimum absolute atomic E-state index is 0. The van der Waals surface area contributed by atoms with E-state index in [2.05, 4.69) is 130 Å². The Labute approximate surface area is 311 Å². The molecule has 0 unspecified atom stereocenters. The van der Waals surface area contributed by atoms with Crippen LogP contribution in [0.2, 0.25) is 0 Å². The van der Waals surface area contributed by atoms with Crippen molar-refractivity contribution in [2.45, 2.75) is 91.9 Å². The van der Waals surface area contributed by atoms with Gasteiger partial charge in [-0.05, 0) is 74.7 Å². The fourth-order valence-corrected chi connectivity index (χ4v) is 7.08. The van der Waals surface area contributed by atoms with Gasteiger partial charge in [-0.25, -0.2) is 4.98 Å². The van der Waals surface area contributed by atoms with Gasteiger partial charge in [0.2, 0.25) is 0 Å². The number of nitrogens with zero attached hydrogens (tertiary/aromatic N) is 2. The largest absolute Gasteiger partial charge is 0.507 e. The molecule has 5 heteroatoms. The topological polar surface area (TPSA) is 46.0 Å². The van der Waals surface area contributed by atoms with Crippen LogP contribution in [0.4, 0.5) is 0 Å². The number of pyridine rings is 1. The van der Waals surface area contributed by atoms with Crippen molar-refractivity contribution in [1.82, 2.24) is 9.97 Å². The Kier molecular flexibility index (Phi) is 10.5. The average molecular weight is 847 g/mol. The number of fused-ring (bicyclic) bond motifs is 1. The van der Waals surface area contributed by atoms with Gasteiger partial charge >= 0.3 is 0 Å². The van der Waals surface area contributed by atoms with Crippen LogP contribution in [-0.4, -0.2) is 15.1 Å². The van der Waals surface area contributed by atoms with Crippen molar-refractivity contribution < 1.29 is 26.2 Å². The van der Waals surface area contributed by atoms with E-state index < -0.39 is 0 Å². The minimum atomic E-state index is -0.0806. The van der Waals surface area contributed by atoms with Crippen LogP contribution in [-0.2, 0) is 31.9 Å². The smallest absolute Gasteiger partial charge is 0.127 e. The van der Waals surface area contributed by atoms with Crippen LogP contribution >= 0.6 is 11.3 Å². The Morgan fingerprint density at radius 2 is 1.29 bits per heavy atom. The third-order valence-corrected chi connectivity index (χ3v) is 10.2. The van der Waals surface area contributed by atoms with Crippen LogP contribution < -0.4 is 0 Å². The van der Waals surface area contributed by atoms with E-state index >= 15 is 0 Å². The second-order valence-electron chi connectivity index (χ2n) is 15.7. The van der Waals surface area contributed by atoms with Gasteiger partial charge in [0, 0.05) is 37.7 Å². The summed E-state index contributed by atoms with van der Waals surface area (Å²) in [5.41, 5.74) is 12.9. The van der Waals surface area contributed by atoms with Crippen molar-refractivity contribution in [3.8, 4) is 49.8 Å². The molecule has 0 saturated carbocycles. The molecule has 0 aliphatic rings. The van der Waals surface area contributed by atoms with Crippen LogP contribution in [0, 0.1) is 6.07 Å². The van der Waals surface area contributed by atoms with Crippen molar-refractivity contribution in [1.29, 1.82) is 0 Å². The van der Waals surface area contributed by atoms with E-state index in [0.717, 1.165) is 48.7 Å². The first-order valence-corrected chi connectivity index (χ1v) is 17.8. The molecular formula is C44H47N2OPtS-. The second kappa shape index (κ2) is 14.0. The Hall–Kier alpha value is -3.59. The van der Waals surface area contributed by atoms with Gasteiger partial charge in [0.15, 0.2) is 0 Å². The third-order valence-electron chi connectivity index (χ3n) is 9.20. The first-order chi connectivity index (χ1) is 22.6. The number of thiazole rings is 1. The summed E-state index contributed by atoms with van der Waals surface area (Å²) in [5, 5.41) is 11.5. The Balaban J connectivity index is 0.00000468. The van der Waals surface area contributed by atoms with Crippen LogP contribution in [0.25, 0.3) is 54.3 Å². The fourth-order valence-electron chi connectivity index (χ4n) is 6.01. The van der Waals surface area contributed by atoms with Gasteiger partial charge in [-0.15, -0.1) is 35.1 Å². The number of para-hydroxylation sites is 1. The first-order valence-electron chi connectivity index (χ1n) is 17.0. The maximum Gasteiger partial charge on any atom is 0.127 e. The van der Waals surface area contributed by atoms with Gasteiger partial charge in [0.05, 0.1) is 11.1 Å². The van der Waals surface area contributed by atoms with Crippen molar-refractivity contribution in [3.63, 3.8) is 0 Å². The molecule has 6 rings (SSSR count). The summed E-state index contributed by atoms with van der Waals surface area (Å²) in [6, 6.07) is 31.7. The number of phenolic OH excluding ortho intramolecular Hbond substituents is 1. The standard InChI is InChI=1S/C44H47N2OS.Pt/c1-26(2)28-17-29(27(3)4)19-30(18-28)31-20-32(22-33(21-31)38-24-34(15-16-45-38)43(5,6)7)37-23-35(44(8,9)10)25-40-41(37)46-42(48-40)36-13-11-12-14-39(36)47;/h11-21,23-27,47H,1-10H3;/q-1;. The van der Waals surface area contributed by atoms with E-state index in [1.54, 1.807) is 17.4 Å². The van der Waals surface area contributed by atoms with Gasteiger partial charge in [-0.3, -0.25) is 4.98 Å². The molecule has 0 fully saturated rings. The zero-order valence-electron chi connectivity index (χ0n) is 30.3. The molecule has 2 heterocycles. The van der Waals surface area contributed by atoms with Gasteiger partial charge in [-0.1, -0.05) is 128 Å². The minimum Gasteiger partial charge on any atom is -0.507 e. The maximum absolute atomic E-state index is 10.7. The van der Waals surface area contributed by atoms with E-state index in [0.29, 0.717) is 11.8 Å². The number of benzene rings is 4. The molecule has 0 aliphatic heterocycles. The molecule has 2 aromatic heterocycles. The molecule has 4 aromatic carbocycles. The van der Waals surface area contributed by atoms with Crippen molar-refractivity contribution in [2.75, 3.05) is 0 Å². The summed E-state index contributed by atoms with van der Waals surface area (Å²) in [4.78, 5) is 10.1. The van der Waals surface area contributed by atoms with Crippen LogP contribution in [0.5, 0.6) is 5.75 Å². The maximum atomic E-state index is 10.7. The molecule has 0 bridgehead atoms. The Morgan fingerprint density at radius 3 is 1.90 bits per heavy atom. The molecule has 0 aliphatic carbocycles. The monoisotopic (exact) mass is 846 g/mol. The molecule has 0 saturated heterocycles. The molecule has 49 heavy (non-hydrogen) atoms. The molecular weight excluding hydrogens is 800 g/mol. The number of aromatic hydroxyl groups is 1. The van der Waals surface area contributed by atoms with E-state index in [-0.39, 0.29) is 37.6 Å². The average Bonchev–Trinajstić information content (AvgIpc) is 3.47. The summed E-state index contributed by atoms with van der Waals surface area (Å²) >= 11 is 1.62. The summed E-state index contributed by atoms with van der Waals surface area (Å²) in [7, 11) is 0. The van der Waals surface area contributed by atoms with Crippen molar-refractivity contribution in [3.05, 3.63) is 113 Å². The predicted molar refractivity (Wildman–Crippen MR) is 205 cm³/mol. The summed E-state index contributed by atoms with van der Waals surface area (Å²) in [6.45, 7) is 22.5. The fraction of sp³-hybridized carbons (Fsp3) is 0.318. The van der Waals surface area contributed by atoms with E-state index in [9.17, 15) is 5.11 Å². The van der Waals surface area contributed by atoms with E-state index in [4.69, 9.17) is 9.97 Å². The molecule has 3 nitrogen and oxygen atoms in total.